The molecule has 47 heavy (non-hydrogen) atoms. The van der Waals surface area contributed by atoms with E-state index in [0.717, 1.165) is 33.8 Å². The van der Waals surface area contributed by atoms with Gasteiger partial charge < -0.3 is 18.8 Å². The van der Waals surface area contributed by atoms with Crippen molar-refractivity contribution in [1.82, 2.24) is 9.13 Å². The molecule has 1 aliphatic rings. The summed E-state index contributed by atoms with van der Waals surface area (Å²) in [5.74, 6) is 0.449. The predicted octanol–water partition coefficient (Wildman–Crippen LogP) is 6.65. The number of aryl methyl sites for hydroxylation is 1. The highest BCUT2D eigenvalue weighted by molar-refractivity contribution is 9.10. The van der Waals surface area contributed by atoms with Crippen LogP contribution in [0.15, 0.2) is 98.3 Å². The second-order valence-corrected chi connectivity index (χ2v) is 13.0. The Morgan fingerprint density at radius 1 is 0.957 bits per heavy atom. The van der Waals surface area contributed by atoms with Gasteiger partial charge in [-0.25, -0.2) is 9.79 Å². The minimum Gasteiger partial charge on any atom is -0.493 e. The van der Waals surface area contributed by atoms with Gasteiger partial charge in [0, 0.05) is 21.5 Å². The third-order valence-electron chi connectivity index (χ3n) is 8.30. The molecular formula is C37H34BrN3O5S. The third-order valence-corrected chi connectivity index (χ3v) is 9.97. The topological polar surface area (TPSA) is 84.1 Å². The van der Waals surface area contributed by atoms with E-state index in [9.17, 15) is 9.59 Å². The molecule has 0 spiro atoms. The molecule has 3 aromatic carbocycles. The highest BCUT2D eigenvalue weighted by Crippen LogP contribution is 2.41. The van der Waals surface area contributed by atoms with Crippen molar-refractivity contribution in [1.29, 1.82) is 0 Å². The summed E-state index contributed by atoms with van der Waals surface area (Å²) < 4.78 is 21.4. The van der Waals surface area contributed by atoms with Crippen molar-refractivity contribution in [3.63, 3.8) is 0 Å². The van der Waals surface area contributed by atoms with Gasteiger partial charge in [-0.15, -0.1) is 0 Å². The van der Waals surface area contributed by atoms with E-state index in [1.165, 1.54) is 11.3 Å². The van der Waals surface area contributed by atoms with Crippen LogP contribution in [-0.2, 0) is 9.53 Å². The Labute approximate surface area is 285 Å². The maximum atomic E-state index is 14.3. The maximum Gasteiger partial charge on any atom is 0.338 e. The van der Waals surface area contributed by atoms with Crippen LogP contribution in [0, 0.1) is 13.8 Å². The molecule has 8 nitrogen and oxygen atoms in total. The maximum absolute atomic E-state index is 14.3. The van der Waals surface area contributed by atoms with Gasteiger partial charge in [-0.3, -0.25) is 9.36 Å². The molecule has 10 heteroatoms. The minimum absolute atomic E-state index is 0.185. The monoisotopic (exact) mass is 711 g/mol. The van der Waals surface area contributed by atoms with Gasteiger partial charge in [0.1, 0.15) is 0 Å². The van der Waals surface area contributed by atoms with Crippen LogP contribution in [0.5, 0.6) is 11.5 Å². The number of benzene rings is 3. The first kappa shape index (κ1) is 32.3. The number of thiazole rings is 1. The van der Waals surface area contributed by atoms with Crippen molar-refractivity contribution in [2.45, 2.75) is 33.7 Å². The Morgan fingerprint density at radius 2 is 1.62 bits per heavy atom. The van der Waals surface area contributed by atoms with Crippen LogP contribution in [0.2, 0.25) is 0 Å². The summed E-state index contributed by atoms with van der Waals surface area (Å²) in [6.45, 7) is 7.80. The molecule has 3 heterocycles. The average Bonchev–Trinajstić information content (AvgIpc) is 3.53. The second kappa shape index (κ2) is 13.2. The third kappa shape index (κ3) is 5.87. The number of esters is 1. The van der Waals surface area contributed by atoms with E-state index in [2.05, 4.69) is 69.9 Å². The number of methoxy groups -OCH3 is 2. The molecule has 240 valence electrons. The van der Waals surface area contributed by atoms with Crippen LogP contribution in [0.25, 0.3) is 22.9 Å². The van der Waals surface area contributed by atoms with E-state index in [4.69, 9.17) is 19.2 Å². The number of nitrogens with zero attached hydrogens (tertiary/aromatic N) is 3. The molecule has 0 saturated heterocycles. The number of hydrogen-bond donors (Lipinski definition) is 0. The fraction of sp³-hybridized carbons (Fsp3) is 0.216. The van der Waals surface area contributed by atoms with E-state index in [0.29, 0.717) is 36.6 Å². The van der Waals surface area contributed by atoms with Crippen LogP contribution >= 0.6 is 27.3 Å². The number of allylic oxidation sites excluding steroid dienone is 1. The molecule has 0 bridgehead atoms. The lowest BCUT2D eigenvalue weighted by Gasteiger charge is -2.26. The van der Waals surface area contributed by atoms with Crippen LogP contribution < -0.4 is 24.4 Å². The number of ether oxygens (including phenoxy) is 3. The molecule has 0 radical (unpaired) electrons. The van der Waals surface area contributed by atoms with Crippen molar-refractivity contribution in [2.75, 3.05) is 20.8 Å². The summed E-state index contributed by atoms with van der Waals surface area (Å²) in [5.41, 5.74) is 7.47. The van der Waals surface area contributed by atoms with E-state index in [1.54, 1.807) is 44.8 Å². The number of carbonyl (C=O) groups excluding carboxylic acids is 1. The zero-order valence-electron chi connectivity index (χ0n) is 27.0. The SMILES string of the molecule is CCOC(=O)C1=C(C)N=c2s/c(=C\c3cc(C)n(-c4ccc(-c5ccccc5)cc4)c3C)c(=O)n2[C@@H]1c1cc(OC)c(OC)cc1Br. The van der Waals surface area contributed by atoms with Gasteiger partial charge in [0.15, 0.2) is 16.3 Å². The van der Waals surface area contributed by atoms with Crippen LogP contribution in [0.4, 0.5) is 0 Å². The molecule has 6 rings (SSSR count). The second-order valence-electron chi connectivity index (χ2n) is 11.1. The fourth-order valence-electron chi connectivity index (χ4n) is 6.07. The van der Waals surface area contributed by atoms with Gasteiger partial charge in [-0.2, -0.15) is 0 Å². The summed E-state index contributed by atoms with van der Waals surface area (Å²) in [4.78, 5) is 32.9. The van der Waals surface area contributed by atoms with Gasteiger partial charge >= 0.3 is 5.97 Å². The number of rotatable bonds is 8. The standard InChI is InChI=1S/C37H34BrN3O5S/c1-7-46-36(43)33-22(3)39-37-41(34(33)28-19-30(44-5)31(45-6)20-29(28)38)35(42)32(47-37)18-26-17-21(2)40(23(26)4)27-15-13-25(14-16-27)24-11-9-8-10-12-24/h8-20,34H,7H2,1-6H3/b32-18-/t34-/m1/s1. The number of carbonyl (C=O) groups is 1. The first-order valence-electron chi connectivity index (χ1n) is 15.1. The number of aromatic nitrogens is 2. The van der Waals surface area contributed by atoms with Crippen molar-refractivity contribution in [3.05, 3.63) is 131 Å². The highest BCUT2D eigenvalue weighted by Gasteiger charge is 2.35. The molecule has 1 atom stereocenters. The van der Waals surface area contributed by atoms with Gasteiger partial charge in [0.05, 0.1) is 42.7 Å². The molecule has 1 aliphatic heterocycles. The van der Waals surface area contributed by atoms with E-state index in [1.807, 2.05) is 31.2 Å². The fourth-order valence-corrected chi connectivity index (χ4v) is 7.65. The van der Waals surface area contributed by atoms with Gasteiger partial charge in [0.2, 0.25) is 0 Å². The molecule has 0 N–H and O–H groups in total. The van der Waals surface area contributed by atoms with Crippen molar-refractivity contribution in [2.24, 2.45) is 4.99 Å². The molecule has 2 aromatic heterocycles. The Morgan fingerprint density at radius 3 is 2.28 bits per heavy atom. The number of halogens is 1. The summed E-state index contributed by atoms with van der Waals surface area (Å²) in [7, 11) is 3.10. The number of fused-ring (bicyclic) bond motifs is 1. The lowest BCUT2D eigenvalue weighted by molar-refractivity contribution is -0.139. The lowest BCUT2D eigenvalue weighted by Crippen LogP contribution is -2.40. The highest BCUT2D eigenvalue weighted by atomic mass is 79.9. The molecular weight excluding hydrogens is 678 g/mol. The molecule has 0 aliphatic carbocycles. The van der Waals surface area contributed by atoms with Gasteiger partial charge in [-0.05, 0) is 86.4 Å². The van der Waals surface area contributed by atoms with E-state index in [-0.39, 0.29) is 17.7 Å². The quantitative estimate of drug-likeness (QED) is 0.168. The lowest BCUT2D eigenvalue weighted by atomic mass is 9.95. The number of hydrogen-bond acceptors (Lipinski definition) is 7. The Hall–Kier alpha value is -4.67. The summed E-state index contributed by atoms with van der Waals surface area (Å²) >= 11 is 4.95. The Balaban J connectivity index is 1.48. The van der Waals surface area contributed by atoms with Crippen LogP contribution in [0.3, 0.4) is 0 Å². The normalized spacial score (nSPS) is 14.5. The molecule has 0 saturated carbocycles. The first-order chi connectivity index (χ1) is 22.7. The van der Waals surface area contributed by atoms with Gasteiger partial charge in [0.25, 0.3) is 5.56 Å². The van der Waals surface area contributed by atoms with E-state index < -0.39 is 12.0 Å². The van der Waals surface area contributed by atoms with Gasteiger partial charge in [-0.1, -0.05) is 69.7 Å². The Kier molecular flexibility index (Phi) is 9.07. The first-order valence-corrected chi connectivity index (χ1v) is 16.7. The minimum atomic E-state index is -0.808. The largest absolute Gasteiger partial charge is 0.493 e. The predicted molar refractivity (Wildman–Crippen MR) is 188 cm³/mol. The average molecular weight is 713 g/mol. The van der Waals surface area contributed by atoms with Crippen LogP contribution in [-0.4, -0.2) is 35.9 Å². The summed E-state index contributed by atoms with van der Waals surface area (Å²) in [6, 6.07) is 23.6. The van der Waals surface area contributed by atoms with Crippen molar-refractivity contribution >= 4 is 39.3 Å². The zero-order valence-corrected chi connectivity index (χ0v) is 29.4. The zero-order chi connectivity index (χ0) is 33.4. The van der Waals surface area contributed by atoms with Crippen molar-refractivity contribution in [3.8, 4) is 28.3 Å². The summed E-state index contributed by atoms with van der Waals surface area (Å²) in [5, 5.41) is 0. The van der Waals surface area contributed by atoms with Crippen molar-refractivity contribution < 1.29 is 19.0 Å². The van der Waals surface area contributed by atoms with Crippen LogP contribution in [0.1, 0.15) is 42.4 Å². The smallest absolute Gasteiger partial charge is 0.338 e. The molecule has 5 aromatic rings. The summed E-state index contributed by atoms with van der Waals surface area (Å²) in [6.07, 6.45) is 1.91. The molecule has 0 amide bonds. The molecule has 0 unspecified atom stereocenters. The Bertz CT molecular complexity index is 2210. The van der Waals surface area contributed by atoms with E-state index >= 15 is 0 Å². The molecule has 0 fully saturated rings.